The van der Waals surface area contributed by atoms with E-state index in [4.69, 9.17) is 4.74 Å². The van der Waals surface area contributed by atoms with Crippen LogP contribution in [-0.2, 0) is 5.41 Å². The number of aromatic nitrogens is 1. The van der Waals surface area contributed by atoms with Gasteiger partial charge in [-0.25, -0.2) is 4.98 Å². The number of para-hydroxylation sites is 1. The molecule has 0 unspecified atom stereocenters. The highest BCUT2D eigenvalue weighted by atomic mass is 16.5. The molecule has 0 saturated heterocycles. The molecule has 1 aromatic carbocycles. The van der Waals surface area contributed by atoms with Crippen molar-refractivity contribution in [1.29, 1.82) is 0 Å². The maximum Gasteiger partial charge on any atom is 0.229 e. The van der Waals surface area contributed by atoms with Crippen molar-refractivity contribution in [3.63, 3.8) is 0 Å². The van der Waals surface area contributed by atoms with Gasteiger partial charge in [0.05, 0.1) is 5.56 Å². The van der Waals surface area contributed by atoms with Gasteiger partial charge in [-0.3, -0.25) is 4.79 Å². The Hall–Kier alpha value is -2.16. The van der Waals surface area contributed by atoms with E-state index in [-0.39, 0.29) is 5.41 Å². The summed E-state index contributed by atoms with van der Waals surface area (Å²) in [6, 6.07) is 11.2. The monoisotopic (exact) mass is 255 g/mol. The van der Waals surface area contributed by atoms with E-state index >= 15 is 0 Å². The van der Waals surface area contributed by atoms with Gasteiger partial charge in [-0.15, -0.1) is 0 Å². The number of rotatable bonds is 3. The molecular weight excluding hydrogens is 238 g/mol. The van der Waals surface area contributed by atoms with Crippen LogP contribution in [0.3, 0.4) is 0 Å². The second-order valence-electron chi connectivity index (χ2n) is 5.36. The van der Waals surface area contributed by atoms with E-state index in [1.807, 2.05) is 24.3 Å². The Morgan fingerprint density at radius 3 is 2.53 bits per heavy atom. The van der Waals surface area contributed by atoms with Crippen molar-refractivity contribution in [3.05, 3.63) is 53.7 Å². The van der Waals surface area contributed by atoms with E-state index in [9.17, 15) is 4.79 Å². The topological polar surface area (TPSA) is 39.2 Å². The number of hydrogen-bond acceptors (Lipinski definition) is 3. The summed E-state index contributed by atoms with van der Waals surface area (Å²) in [5, 5.41) is 0. The lowest BCUT2D eigenvalue weighted by atomic mass is 9.86. The highest BCUT2D eigenvalue weighted by molar-refractivity contribution is 5.78. The fourth-order valence-corrected chi connectivity index (χ4v) is 1.86. The van der Waals surface area contributed by atoms with Crippen LogP contribution in [0.25, 0.3) is 0 Å². The maximum absolute atomic E-state index is 11.0. The van der Waals surface area contributed by atoms with Gasteiger partial charge in [-0.2, -0.15) is 0 Å². The van der Waals surface area contributed by atoms with E-state index in [2.05, 4.69) is 25.8 Å². The van der Waals surface area contributed by atoms with Crippen molar-refractivity contribution in [1.82, 2.24) is 4.98 Å². The minimum Gasteiger partial charge on any atom is -0.438 e. The van der Waals surface area contributed by atoms with Crippen LogP contribution in [0.15, 0.2) is 42.6 Å². The summed E-state index contributed by atoms with van der Waals surface area (Å²) in [6.45, 7) is 6.36. The van der Waals surface area contributed by atoms with Gasteiger partial charge in [0.2, 0.25) is 5.88 Å². The molecule has 0 amide bonds. The zero-order valence-electron chi connectivity index (χ0n) is 11.4. The quantitative estimate of drug-likeness (QED) is 0.778. The first kappa shape index (κ1) is 13.3. The van der Waals surface area contributed by atoms with E-state index in [0.717, 1.165) is 17.6 Å². The third-order valence-corrected chi connectivity index (χ3v) is 2.83. The van der Waals surface area contributed by atoms with Gasteiger partial charge in [-0.05, 0) is 23.6 Å². The number of carbonyl (C=O) groups excluding carboxylic acids is 1. The van der Waals surface area contributed by atoms with Crippen LogP contribution < -0.4 is 4.74 Å². The molecule has 0 spiro atoms. The fourth-order valence-electron chi connectivity index (χ4n) is 1.86. The standard InChI is InChI=1S/C16H17NO2/c1-16(2,3)13-8-4-5-9-14(13)19-15-12(11-18)7-6-10-17-15/h4-11H,1-3H3. The number of pyridine rings is 1. The van der Waals surface area contributed by atoms with Crippen LogP contribution in [-0.4, -0.2) is 11.3 Å². The lowest BCUT2D eigenvalue weighted by Crippen LogP contribution is -2.12. The third kappa shape index (κ3) is 2.99. The summed E-state index contributed by atoms with van der Waals surface area (Å²) in [4.78, 5) is 15.1. The molecule has 1 heterocycles. The van der Waals surface area contributed by atoms with Gasteiger partial charge in [0.25, 0.3) is 0 Å². The number of benzene rings is 1. The van der Waals surface area contributed by atoms with Crippen molar-refractivity contribution >= 4 is 6.29 Å². The van der Waals surface area contributed by atoms with Crippen molar-refractivity contribution in [2.75, 3.05) is 0 Å². The van der Waals surface area contributed by atoms with Crippen LogP contribution in [0.2, 0.25) is 0 Å². The molecule has 0 atom stereocenters. The molecule has 0 aliphatic rings. The first-order valence-corrected chi connectivity index (χ1v) is 6.20. The molecular formula is C16H17NO2. The van der Waals surface area contributed by atoms with Gasteiger partial charge in [0.1, 0.15) is 5.75 Å². The predicted molar refractivity (Wildman–Crippen MR) is 74.8 cm³/mol. The predicted octanol–water partition coefficient (Wildman–Crippen LogP) is 3.98. The van der Waals surface area contributed by atoms with E-state index in [1.165, 1.54) is 0 Å². The minimum absolute atomic E-state index is 0.0350. The fraction of sp³-hybridized carbons (Fsp3) is 0.250. The average Bonchev–Trinajstić information content (AvgIpc) is 2.39. The van der Waals surface area contributed by atoms with Crippen molar-refractivity contribution < 1.29 is 9.53 Å². The highest BCUT2D eigenvalue weighted by Gasteiger charge is 2.19. The molecule has 2 rings (SSSR count). The molecule has 98 valence electrons. The first-order valence-electron chi connectivity index (χ1n) is 6.20. The molecule has 1 aromatic heterocycles. The summed E-state index contributed by atoms with van der Waals surface area (Å²) in [5.41, 5.74) is 1.50. The van der Waals surface area contributed by atoms with E-state index in [1.54, 1.807) is 18.3 Å². The van der Waals surface area contributed by atoms with Crippen LogP contribution in [0, 0.1) is 0 Å². The van der Waals surface area contributed by atoms with Crippen LogP contribution in [0.4, 0.5) is 0 Å². The molecule has 19 heavy (non-hydrogen) atoms. The summed E-state index contributed by atoms with van der Waals surface area (Å²) in [7, 11) is 0. The Morgan fingerprint density at radius 1 is 1.11 bits per heavy atom. The Morgan fingerprint density at radius 2 is 1.84 bits per heavy atom. The largest absolute Gasteiger partial charge is 0.438 e. The molecule has 0 saturated carbocycles. The maximum atomic E-state index is 11.0. The molecule has 3 heteroatoms. The summed E-state index contributed by atoms with van der Waals surface area (Å²) in [5.74, 6) is 1.08. The van der Waals surface area contributed by atoms with Crippen LogP contribution in [0.1, 0.15) is 36.7 Å². The second-order valence-corrected chi connectivity index (χ2v) is 5.36. The summed E-state index contributed by atoms with van der Waals surface area (Å²) < 4.78 is 5.82. The zero-order chi connectivity index (χ0) is 13.9. The SMILES string of the molecule is CC(C)(C)c1ccccc1Oc1ncccc1C=O. The summed E-state index contributed by atoms with van der Waals surface area (Å²) >= 11 is 0. The Balaban J connectivity index is 2.42. The van der Waals surface area contributed by atoms with Crippen molar-refractivity contribution in [2.24, 2.45) is 0 Å². The number of carbonyl (C=O) groups is 1. The lowest BCUT2D eigenvalue weighted by Gasteiger charge is -2.22. The molecule has 0 bridgehead atoms. The van der Waals surface area contributed by atoms with Gasteiger partial charge >= 0.3 is 0 Å². The van der Waals surface area contributed by atoms with Crippen molar-refractivity contribution in [2.45, 2.75) is 26.2 Å². The van der Waals surface area contributed by atoms with Crippen LogP contribution >= 0.6 is 0 Å². The molecule has 0 fully saturated rings. The summed E-state index contributed by atoms with van der Waals surface area (Å²) in [6.07, 6.45) is 2.37. The third-order valence-electron chi connectivity index (χ3n) is 2.83. The number of aldehydes is 1. The van der Waals surface area contributed by atoms with Crippen LogP contribution in [0.5, 0.6) is 11.6 Å². The number of nitrogens with zero attached hydrogens (tertiary/aromatic N) is 1. The van der Waals surface area contributed by atoms with Gasteiger partial charge in [0, 0.05) is 11.8 Å². The minimum atomic E-state index is -0.0350. The Bertz CT molecular complexity index is 585. The van der Waals surface area contributed by atoms with E-state index < -0.39 is 0 Å². The van der Waals surface area contributed by atoms with Gasteiger partial charge < -0.3 is 4.74 Å². The molecule has 0 radical (unpaired) electrons. The highest BCUT2D eigenvalue weighted by Crippen LogP contribution is 2.33. The molecule has 0 N–H and O–H groups in total. The lowest BCUT2D eigenvalue weighted by molar-refractivity contribution is 0.112. The zero-order valence-corrected chi connectivity index (χ0v) is 11.4. The number of hydrogen-bond donors (Lipinski definition) is 0. The first-order chi connectivity index (χ1) is 9.02. The number of ether oxygens (including phenoxy) is 1. The van der Waals surface area contributed by atoms with E-state index in [0.29, 0.717) is 11.4 Å². The molecule has 3 nitrogen and oxygen atoms in total. The Kier molecular flexibility index (Phi) is 3.65. The molecule has 2 aromatic rings. The normalized spacial score (nSPS) is 11.1. The molecule has 0 aliphatic carbocycles. The second kappa shape index (κ2) is 5.22. The van der Waals surface area contributed by atoms with Gasteiger partial charge in [0.15, 0.2) is 6.29 Å². The molecule has 0 aliphatic heterocycles. The van der Waals surface area contributed by atoms with Gasteiger partial charge in [-0.1, -0.05) is 39.0 Å². The smallest absolute Gasteiger partial charge is 0.229 e. The Labute approximate surface area is 113 Å². The van der Waals surface area contributed by atoms with Crippen molar-refractivity contribution in [3.8, 4) is 11.6 Å². The average molecular weight is 255 g/mol.